The molecule has 3 N–H and O–H groups in total. The lowest BCUT2D eigenvalue weighted by Gasteiger charge is -2.18. The molecule has 156 valence electrons. The fourth-order valence-electron chi connectivity index (χ4n) is 2.60. The minimum Gasteiger partial charge on any atom is -0.497 e. The van der Waals surface area contributed by atoms with E-state index in [1.54, 1.807) is 43.8 Å². The van der Waals surface area contributed by atoms with Crippen molar-refractivity contribution in [3.8, 4) is 11.5 Å². The first-order valence-electron chi connectivity index (χ1n) is 9.11. The van der Waals surface area contributed by atoms with E-state index in [2.05, 4.69) is 34.7 Å². The summed E-state index contributed by atoms with van der Waals surface area (Å²) in [5, 5.41) is 17.0. The Morgan fingerprint density at radius 2 is 1.86 bits per heavy atom. The molecule has 1 unspecified atom stereocenters. The van der Waals surface area contributed by atoms with Crippen LogP contribution in [0.5, 0.6) is 11.5 Å². The number of aliphatic imine (C=N–C) groups is 1. The van der Waals surface area contributed by atoms with Crippen LogP contribution in [-0.4, -0.2) is 38.4 Å². The van der Waals surface area contributed by atoms with Gasteiger partial charge in [0.25, 0.3) is 0 Å². The number of aliphatic hydroxyl groups excluding tert-OH is 1. The van der Waals surface area contributed by atoms with Crippen molar-refractivity contribution in [2.75, 3.05) is 27.3 Å². The van der Waals surface area contributed by atoms with Gasteiger partial charge in [-0.3, -0.25) is 0 Å². The molecule has 0 fully saturated rings. The van der Waals surface area contributed by atoms with Crippen LogP contribution in [0, 0.1) is 0 Å². The number of nitrogens with one attached hydrogen (secondary N) is 2. The lowest BCUT2D eigenvalue weighted by molar-refractivity contribution is 0.176. The summed E-state index contributed by atoms with van der Waals surface area (Å²) in [5.74, 6) is 1.97. The first-order valence-corrected chi connectivity index (χ1v) is 9.92. The van der Waals surface area contributed by atoms with Gasteiger partial charge in [0.1, 0.15) is 11.5 Å². The van der Waals surface area contributed by atoms with Crippen molar-refractivity contribution in [2.24, 2.45) is 4.99 Å². The first-order chi connectivity index (χ1) is 13.1. The maximum atomic E-state index is 10.6. The summed E-state index contributed by atoms with van der Waals surface area (Å²) in [5.41, 5.74) is 0.672. The molecular weight excluding hydrogens is 489 g/mol. The van der Waals surface area contributed by atoms with E-state index in [0.717, 1.165) is 13.0 Å². The Morgan fingerprint density at radius 3 is 2.46 bits per heavy atom. The van der Waals surface area contributed by atoms with Gasteiger partial charge in [-0.25, -0.2) is 4.99 Å². The standard InChI is InChI=1S/C20H29N3O3S.HI/c1-5-15-8-9-16(27-15)12-22-20(21-6-2)23-13-18(24)17-11-14(25-3)7-10-19(17)26-4;/h7-11,18,24H,5-6,12-13H2,1-4H3,(H2,21,22,23);1H. The summed E-state index contributed by atoms with van der Waals surface area (Å²) in [6, 6.07) is 9.65. The van der Waals surface area contributed by atoms with Crippen molar-refractivity contribution in [3.05, 3.63) is 45.6 Å². The number of ether oxygens (including phenoxy) is 2. The molecule has 0 aliphatic heterocycles. The van der Waals surface area contributed by atoms with Crippen molar-refractivity contribution in [2.45, 2.75) is 32.9 Å². The maximum Gasteiger partial charge on any atom is 0.191 e. The number of thiophene rings is 1. The lowest BCUT2D eigenvalue weighted by atomic mass is 10.1. The zero-order valence-corrected chi connectivity index (χ0v) is 20.0. The Balaban J connectivity index is 0.00000392. The van der Waals surface area contributed by atoms with E-state index in [-0.39, 0.29) is 24.0 Å². The van der Waals surface area contributed by atoms with Crippen LogP contribution >= 0.6 is 35.3 Å². The van der Waals surface area contributed by atoms with Gasteiger partial charge in [-0.15, -0.1) is 35.3 Å². The second kappa shape index (κ2) is 12.8. The number of guanidine groups is 1. The second-order valence-electron chi connectivity index (χ2n) is 5.92. The minimum atomic E-state index is -0.757. The molecule has 0 spiro atoms. The Labute approximate surface area is 188 Å². The highest BCUT2D eigenvalue weighted by atomic mass is 127. The number of hydrogen-bond acceptors (Lipinski definition) is 5. The highest BCUT2D eigenvalue weighted by Crippen LogP contribution is 2.29. The minimum absolute atomic E-state index is 0. The third-order valence-electron chi connectivity index (χ3n) is 4.06. The number of hydrogen-bond donors (Lipinski definition) is 3. The molecule has 1 heterocycles. The topological polar surface area (TPSA) is 75.1 Å². The normalized spacial score (nSPS) is 12.1. The number of halogens is 1. The molecule has 28 heavy (non-hydrogen) atoms. The molecule has 0 aliphatic carbocycles. The number of benzene rings is 1. The summed E-state index contributed by atoms with van der Waals surface area (Å²) in [7, 11) is 3.18. The maximum absolute atomic E-state index is 10.6. The summed E-state index contributed by atoms with van der Waals surface area (Å²) < 4.78 is 10.6. The molecule has 8 heteroatoms. The van der Waals surface area contributed by atoms with E-state index in [0.29, 0.717) is 36.1 Å². The molecule has 2 rings (SSSR count). The van der Waals surface area contributed by atoms with Crippen molar-refractivity contribution in [3.63, 3.8) is 0 Å². The quantitative estimate of drug-likeness (QED) is 0.268. The van der Waals surface area contributed by atoms with E-state index in [4.69, 9.17) is 9.47 Å². The lowest BCUT2D eigenvalue weighted by Crippen LogP contribution is -2.39. The van der Waals surface area contributed by atoms with E-state index < -0.39 is 6.10 Å². The Kier molecular flexibility index (Phi) is 11.2. The first kappa shape index (κ1) is 24.5. The van der Waals surface area contributed by atoms with Gasteiger partial charge in [-0.1, -0.05) is 6.92 Å². The number of aliphatic hydroxyl groups is 1. The molecule has 0 aliphatic rings. The van der Waals surface area contributed by atoms with Crippen LogP contribution in [0.2, 0.25) is 0 Å². The number of rotatable bonds is 9. The van der Waals surface area contributed by atoms with Crippen molar-refractivity contribution in [1.82, 2.24) is 10.6 Å². The average Bonchev–Trinajstić information content (AvgIpc) is 3.17. The van der Waals surface area contributed by atoms with E-state index in [9.17, 15) is 5.11 Å². The SMILES string of the molecule is CCNC(=NCc1ccc(CC)s1)NCC(O)c1cc(OC)ccc1OC.I. The van der Waals surface area contributed by atoms with Crippen molar-refractivity contribution in [1.29, 1.82) is 0 Å². The molecule has 0 saturated heterocycles. The molecule has 0 bridgehead atoms. The molecule has 1 aromatic heterocycles. The summed E-state index contributed by atoms with van der Waals surface area (Å²) >= 11 is 1.78. The molecule has 2 aromatic rings. The van der Waals surface area contributed by atoms with E-state index in [1.807, 2.05) is 6.92 Å². The van der Waals surface area contributed by atoms with Gasteiger partial charge < -0.3 is 25.2 Å². The summed E-state index contributed by atoms with van der Waals surface area (Å²) in [6.45, 7) is 5.82. The van der Waals surface area contributed by atoms with Crippen LogP contribution in [0.3, 0.4) is 0 Å². The van der Waals surface area contributed by atoms with Crippen molar-refractivity contribution < 1.29 is 14.6 Å². The molecule has 0 saturated carbocycles. The van der Waals surface area contributed by atoms with Gasteiger partial charge in [0.2, 0.25) is 0 Å². The predicted octanol–water partition coefficient (Wildman–Crippen LogP) is 3.73. The van der Waals surface area contributed by atoms with Crippen LogP contribution in [0.25, 0.3) is 0 Å². The van der Waals surface area contributed by atoms with Gasteiger partial charge >= 0.3 is 0 Å². The molecule has 0 amide bonds. The number of methoxy groups -OCH3 is 2. The van der Waals surface area contributed by atoms with Crippen LogP contribution in [0.15, 0.2) is 35.3 Å². The molecule has 1 atom stereocenters. The fourth-order valence-corrected chi connectivity index (χ4v) is 3.48. The smallest absolute Gasteiger partial charge is 0.191 e. The van der Waals surface area contributed by atoms with Gasteiger partial charge in [0.05, 0.1) is 26.9 Å². The number of aryl methyl sites for hydroxylation is 1. The zero-order valence-electron chi connectivity index (χ0n) is 16.8. The summed E-state index contributed by atoms with van der Waals surface area (Å²) in [6.07, 6.45) is 0.286. The summed E-state index contributed by atoms with van der Waals surface area (Å²) in [4.78, 5) is 7.19. The highest BCUT2D eigenvalue weighted by molar-refractivity contribution is 14.0. The van der Waals surface area contributed by atoms with Crippen LogP contribution in [0.1, 0.15) is 35.3 Å². The monoisotopic (exact) mass is 519 g/mol. The van der Waals surface area contributed by atoms with Gasteiger partial charge in [-0.05, 0) is 43.7 Å². The van der Waals surface area contributed by atoms with E-state index in [1.165, 1.54) is 9.75 Å². The highest BCUT2D eigenvalue weighted by Gasteiger charge is 2.15. The average molecular weight is 519 g/mol. The Bertz CT molecular complexity index is 752. The molecule has 1 aromatic carbocycles. The molecule has 6 nitrogen and oxygen atoms in total. The largest absolute Gasteiger partial charge is 0.497 e. The predicted molar refractivity (Wildman–Crippen MR) is 126 cm³/mol. The Morgan fingerprint density at radius 1 is 1.11 bits per heavy atom. The fraction of sp³-hybridized carbons (Fsp3) is 0.450. The van der Waals surface area contributed by atoms with Crippen LogP contribution in [0.4, 0.5) is 0 Å². The zero-order chi connectivity index (χ0) is 19.6. The third kappa shape index (κ3) is 7.14. The Hall–Kier alpha value is -1.52. The third-order valence-corrected chi connectivity index (χ3v) is 5.28. The number of nitrogens with zero attached hydrogens (tertiary/aromatic N) is 1. The van der Waals surface area contributed by atoms with Crippen molar-refractivity contribution >= 4 is 41.3 Å². The second-order valence-corrected chi connectivity index (χ2v) is 7.17. The van der Waals surface area contributed by atoms with E-state index >= 15 is 0 Å². The molecule has 0 radical (unpaired) electrons. The van der Waals surface area contributed by atoms with Crippen LogP contribution in [-0.2, 0) is 13.0 Å². The van der Waals surface area contributed by atoms with Gasteiger partial charge in [0, 0.05) is 28.4 Å². The van der Waals surface area contributed by atoms with Gasteiger partial charge in [0.15, 0.2) is 5.96 Å². The molecular formula is C20H30IN3O3S. The van der Waals surface area contributed by atoms with Gasteiger partial charge in [-0.2, -0.15) is 0 Å². The van der Waals surface area contributed by atoms with Crippen LogP contribution < -0.4 is 20.1 Å².